The maximum Gasteiger partial charge on any atom is 0.495 e. The third-order valence-electron chi connectivity index (χ3n) is 5.61. The van der Waals surface area contributed by atoms with Crippen LogP contribution in [0.3, 0.4) is 0 Å². The molecule has 1 saturated carbocycles. The van der Waals surface area contributed by atoms with Crippen molar-refractivity contribution in [2.24, 2.45) is 5.92 Å². The molecule has 1 aromatic carbocycles. The highest BCUT2D eigenvalue weighted by molar-refractivity contribution is 6.62. The van der Waals surface area contributed by atoms with Crippen LogP contribution in [0.5, 0.6) is 11.5 Å². The molecule has 0 N–H and O–H groups in total. The van der Waals surface area contributed by atoms with Gasteiger partial charge < -0.3 is 18.8 Å². The van der Waals surface area contributed by atoms with Gasteiger partial charge in [0.15, 0.2) is 5.78 Å². The Morgan fingerprint density at radius 1 is 1.21 bits per heavy atom. The molecule has 1 saturated heterocycles. The average molecular weight is 400 g/mol. The molecule has 0 radical (unpaired) electrons. The van der Waals surface area contributed by atoms with Crippen LogP contribution < -0.4 is 14.9 Å². The summed E-state index contributed by atoms with van der Waals surface area (Å²) in [6.07, 6.45) is -0.823. The van der Waals surface area contributed by atoms with Gasteiger partial charge in [0, 0.05) is 12.3 Å². The normalized spacial score (nSPS) is 25.1. The van der Waals surface area contributed by atoms with Crippen LogP contribution >= 0.6 is 0 Å². The molecule has 1 heterocycles. The van der Waals surface area contributed by atoms with Crippen molar-refractivity contribution in [1.29, 1.82) is 0 Å². The van der Waals surface area contributed by atoms with Gasteiger partial charge in [0.1, 0.15) is 23.2 Å². The number of rotatable bonds is 7. The zero-order valence-electron chi connectivity index (χ0n) is 16.6. The second-order valence-corrected chi connectivity index (χ2v) is 8.20. The fraction of sp³-hybridized carbons (Fsp3) is 0.632. The molecule has 3 rings (SSSR count). The highest BCUT2D eigenvalue weighted by atomic mass is 19.3. The van der Waals surface area contributed by atoms with Gasteiger partial charge in [-0.25, -0.2) is 4.39 Å². The van der Waals surface area contributed by atoms with Crippen LogP contribution in [0.4, 0.5) is 13.2 Å². The van der Waals surface area contributed by atoms with Crippen LogP contribution in [0.2, 0.25) is 0 Å². The van der Waals surface area contributed by atoms with Gasteiger partial charge in [0.05, 0.1) is 18.3 Å². The number of hydrogen-bond acceptors (Lipinski definition) is 5. The predicted octanol–water partition coefficient (Wildman–Crippen LogP) is 3.53. The van der Waals surface area contributed by atoms with E-state index in [0.717, 1.165) is 0 Å². The van der Waals surface area contributed by atoms with E-state index in [4.69, 9.17) is 14.0 Å². The average Bonchev–Trinajstić information content (AvgIpc) is 3.20. The maximum atomic E-state index is 13.2. The SMILES string of the molecule is COc1cc(B2OC(C)(C)C(C)(C)O2)cc(OC(F)F)c1C(=O)C[C@@H]1C[C@@H]1F. The Labute approximate surface area is 162 Å². The zero-order chi connectivity index (χ0) is 20.9. The van der Waals surface area contributed by atoms with E-state index in [0.29, 0.717) is 11.9 Å². The van der Waals surface area contributed by atoms with Crippen molar-refractivity contribution < 1.29 is 36.7 Å². The summed E-state index contributed by atoms with van der Waals surface area (Å²) >= 11 is 0. The summed E-state index contributed by atoms with van der Waals surface area (Å²) in [5.74, 6) is -1.17. The zero-order valence-corrected chi connectivity index (χ0v) is 16.6. The first-order chi connectivity index (χ1) is 12.9. The summed E-state index contributed by atoms with van der Waals surface area (Å²) in [7, 11) is 0.475. The second-order valence-electron chi connectivity index (χ2n) is 8.20. The standard InChI is InChI=1S/C19H24BF3O5/c1-18(2)19(3,4)28-20(27-18)11-8-14(25-5)16(15(9-11)26-17(22)23)13(24)7-10-6-12(10)21/h8-10,12,17H,6-7H2,1-5H3/t10-,12-/m0/s1. The third kappa shape index (κ3) is 4.01. The highest BCUT2D eigenvalue weighted by Crippen LogP contribution is 2.41. The smallest absolute Gasteiger partial charge is 0.495 e. The number of hydrogen-bond donors (Lipinski definition) is 0. The fourth-order valence-corrected chi connectivity index (χ4v) is 3.11. The van der Waals surface area contributed by atoms with Crippen molar-refractivity contribution in [3.05, 3.63) is 17.7 Å². The van der Waals surface area contributed by atoms with E-state index >= 15 is 0 Å². The van der Waals surface area contributed by atoms with E-state index in [-0.39, 0.29) is 29.4 Å². The molecule has 0 bridgehead atoms. The Morgan fingerprint density at radius 3 is 2.21 bits per heavy atom. The van der Waals surface area contributed by atoms with Crippen LogP contribution in [0.1, 0.15) is 50.9 Å². The van der Waals surface area contributed by atoms with E-state index in [1.807, 2.05) is 27.7 Å². The van der Waals surface area contributed by atoms with E-state index < -0.39 is 36.9 Å². The molecular formula is C19H24BF3O5. The first kappa shape index (κ1) is 21.0. The van der Waals surface area contributed by atoms with Gasteiger partial charge in [-0.3, -0.25) is 4.79 Å². The van der Waals surface area contributed by atoms with Gasteiger partial charge in [0.2, 0.25) is 0 Å². The van der Waals surface area contributed by atoms with Crippen LogP contribution in [0.25, 0.3) is 0 Å². The summed E-state index contributed by atoms with van der Waals surface area (Å²) in [4.78, 5) is 12.6. The molecule has 2 aliphatic rings. The van der Waals surface area contributed by atoms with Crippen LogP contribution in [-0.4, -0.2) is 44.0 Å². The number of halogens is 3. The van der Waals surface area contributed by atoms with E-state index in [1.165, 1.54) is 19.2 Å². The summed E-state index contributed by atoms with van der Waals surface area (Å²) in [6, 6.07) is 2.80. The van der Waals surface area contributed by atoms with Crippen LogP contribution in [-0.2, 0) is 9.31 Å². The molecule has 1 aliphatic heterocycles. The Balaban J connectivity index is 1.98. The Kier molecular flexibility index (Phi) is 5.44. The molecule has 5 nitrogen and oxygen atoms in total. The number of carbonyl (C=O) groups is 1. The summed E-state index contributed by atoms with van der Waals surface area (Å²) in [6.45, 7) is 4.31. The van der Waals surface area contributed by atoms with Gasteiger partial charge in [-0.1, -0.05) is 0 Å². The number of alkyl halides is 3. The number of ether oxygens (including phenoxy) is 2. The lowest BCUT2D eigenvalue weighted by molar-refractivity contribution is -0.0502. The summed E-state index contributed by atoms with van der Waals surface area (Å²) in [5.41, 5.74) is -1.00. The Bertz CT molecular complexity index is 752. The molecule has 0 amide bonds. The topological polar surface area (TPSA) is 54.0 Å². The van der Waals surface area contributed by atoms with E-state index in [9.17, 15) is 18.0 Å². The predicted molar refractivity (Wildman–Crippen MR) is 97.3 cm³/mol. The lowest BCUT2D eigenvalue weighted by atomic mass is 9.78. The molecular weight excluding hydrogens is 376 g/mol. The minimum absolute atomic E-state index is 0.0592. The minimum Gasteiger partial charge on any atom is -0.496 e. The Morgan fingerprint density at radius 2 is 1.75 bits per heavy atom. The second kappa shape index (κ2) is 7.26. The number of ketones is 1. The first-order valence-electron chi connectivity index (χ1n) is 9.15. The number of benzene rings is 1. The lowest BCUT2D eigenvalue weighted by Gasteiger charge is -2.32. The number of Topliss-reactive ketones (excluding diaryl/α,β-unsaturated/α-hetero) is 1. The van der Waals surface area contributed by atoms with Crippen LogP contribution in [0, 0.1) is 5.92 Å². The molecule has 9 heteroatoms. The third-order valence-corrected chi connectivity index (χ3v) is 5.61. The first-order valence-corrected chi connectivity index (χ1v) is 9.15. The molecule has 0 unspecified atom stereocenters. The van der Waals surface area contributed by atoms with Crippen molar-refractivity contribution in [3.63, 3.8) is 0 Å². The van der Waals surface area contributed by atoms with Gasteiger partial charge in [-0.2, -0.15) is 8.78 Å². The molecule has 1 aliphatic carbocycles. The summed E-state index contributed by atoms with van der Waals surface area (Å²) in [5, 5.41) is 0. The van der Waals surface area contributed by atoms with Crippen LogP contribution in [0.15, 0.2) is 12.1 Å². The van der Waals surface area contributed by atoms with Gasteiger partial charge in [-0.05, 0) is 51.7 Å². The maximum absolute atomic E-state index is 13.2. The van der Waals surface area contributed by atoms with Crippen molar-refractivity contribution in [1.82, 2.24) is 0 Å². The molecule has 1 aromatic rings. The molecule has 28 heavy (non-hydrogen) atoms. The minimum atomic E-state index is -3.14. The molecule has 2 fully saturated rings. The monoisotopic (exact) mass is 400 g/mol. The largest absolute Gasteiger partial charge is 0.496 e. The molecule has 2 atom stereocenters. The van der Waals surface area contributed by atoms with Crippen molar-refractivity contribution >= 4 is 18.4 Å². The van der Waals surface area contributed by atoms with Gasteiger partial charge in [-0.15, -0.1) is 0 Å². The van der Waals surface area contributed by atoms with Gasteiger partial charge in [0.25, 0.3) is 0 Å². The van der Waals surface area contributed by atoms with Gasteiger partial charge >= 0.3 is 13.7 Å². The van der Waals surface area contributed by atoms with Crippen molar-refractivity contribution in [2.75, 3.05) is 7.11 Å². The van der Waals surface area contributed by atoms with E-state index in [1.54, 1.807) is 0 Å². The molecule has 0 spiro atoms. The molecule has 0 aromatic heterocycles. The van der Waals surface area contributed by atoms with Crippen molar-refractivity contribution in [3.8, 4) is 11.5 Å². The number of methoxy groups -OCH3 is 1. The molecule has 154 valence electrons. The summed E-state index contributed by atoms with van der Waals surface area (Å²) < 4.78 is 60.9. The quantitative estimate of drug-likeness (QED) is 0.518. The number of carbonyl (C=O) groups excluding carboxylic acids is 1. The van der Waals surface area contributed by atoms with E-state index in [2.05, 4.69) is 4.74 Å². The van der Waals surface area contributed by atoms with Crippen molar-refractivity contribution in [2.45, 2.75) is 64.5 Å². The highest BCUT2D eigenvalue weighted by Gasteiger charge is 2.52. The fourth-order valence-electron chi connectivity index (χ4n) is 3.11. The Hall–Kier alpha value is -1.74. The lowest BCUT2D eigenvalue weighted by Crippen LogP contribution is -2.41.